The molecular formula is C39H49N5O3. The minimum absolute atomic E-state index is 0.0390. The average Bonchev–Trinajstić information content (AvgIpc) is 3.68. The molecule has 0 unspecified atom stereocenters. The zero-order chi connectivity index (χ0) is 32.0. The quantitative estimate of drug-likeness (QED) is 0.138. The molecule has 0 radical (unpaired) electrons. The molecule has 0 aliphatic carbocycles. The molecule has 8 nitrogen and oxygen atoms in total. The number of carbonyl (C=O) groups is 1. The summed E-state index contributed by atoms with van der Waals surface area (Å²) in [5.41, 5.74) is 4.00. The highest BCUT2D eigenvalue weighted by Crippen LogP contribution is 2.38. The minimum Gasteiger partial charge on any atom is -0.493 e. The number of fused-ring (bicyclic) bond motifs is 5. The fraction of sp³-hybridized carbons (Fsp3) is 0.487. The highest BCUT2D eigenvalue weighted by atomic mass is 16.5. The van der Waals surface area contributed by atoms with E-state index in [-0.39, 0.29) is 11.9 Å². The SMILES string of the molecule is COc1cc2c(cc1OCCCCCN1CCN(CCCCCn3c4ccccc4c4ccccc43)CC1)N=C[C@@H]1CCCN1C2=O. The third kappa shape index (κ3) is 7.04. The highest BCUT2D eigenvalue weighted by molar-refractivity contribution is 6.08. The summed E-state index contributed by atoms with van der Waals surface area (Å²) in [4.78, 5) is 24.9. The van der Waals surface area contributed by atoms with Gasteiger partial charge in [-0.1, -0.05) is 42.8 Å². The smallest absolute Gasteiger partial charge is 0.256 e. The van der Waals surface area contributed by atoms with Gasteiger partial charge < -0.3 is 28.7 Å². The summed E-state index contributed by atoms with van der Waals surface area (Å²) in [7, 11) is 1.63. The van der Waals surface area contributed by atoms with Gasteiger partial charge in [0.1, 0.15) is 0 Å². The number of para-hydroxylation sites is 2. The van der Waals surface area contributed by atoms with Gasteiger partial charge in [-0.15, -0.1) is 0 Å². The van der Waals surface area contributed by atoms with Crippen LogP contribution in [0.25, 0.3) is 21.8 Å². The van der Waals surface area contributed by atoms with Crippen LogP contribution >= 0.6 is 0 Å². The van der Waals surface area contributed by atoms with Gasteiger partial charge >= 0.3 is 0 Å². The van der Waals surface area contributed by atoms with E-state index in [9.17, 15) is 4.79 Å². The van der Waals surface area contributed by atoms with Gasteiger partial charge in [0.05, 0.1) is 31.0 Å². The van der Waals surface area contributed by atoms with Gasteiger partial charge in [-0.3, -0.25) is 9.79 Å². The number of aromatic nitrogens is 1. The maximum Gasteiger partial charge on any atom is 0.256 e. The molecule has 4 aromatic rings. The summed E-state index contributed by atoms with van der Waals surface area (Å²) in [5, 5.41) is 2.73. The Balaban J connectivity index is 0.777. The summed E-state index contributed by atoms with van der Waals surface area (Å²) < 4.78 is 14.3. The van der Waals surface area contributed by atoms with Crippen molar-refractivity contribution in [3.05, 3.63) is 66.2 Å². The van der Waals surface area contributed by atoms with E-state index >= 15 is 0 Å². The molecular weight excluding hydrogens is 586 g/mol. The molecule has 8 heteroatoms. The van der Waals surface area contributed by atoms with Crippen molar-refractivity contribution in [2.24, 2.45) is 4.99 Å². The van der Waals surface area contributed by atoms with Crippen LogP contribution in [-0.2, 0) is 6.54 Å². The van der Waals surface area contributed by atoms with Crippen LogP contribution in [0.1, 0.15) is 61.7 Å². The van der Waals surface area contributed by atoms with Crippen LogP contribution in [0.15, 0.2) is 65.7 Å². The van der Waals surface area contributed by atoms with Crippen molar-refractivity contribution in [2.45, 2.75) is 64.0 Å². The second-order valence-corrected chi connectivity index (χ2v) is 13.3. The normalized spacial score (nSPS) is 18.5. The van der Waals surface area contributed by atoms with E-state index < -0.39 is 0 Å². The Labute approximate surface area is 278 Å². The summed E-state index contributed by atoms with van der Waals surface area (Å²) in [5.74, 6) is 1.31. The number of carbonyl (C=O) groups excluding carboxylic acids is 1. The van der Waals surface area contributed by atoms with E-state index in [0.717, 1.165) is 45.3 Å². The van der Waals surface area contributed by atoms with E-state index in [1.54, 1.807) is 13.2 Å². The Morgan fingerprint density at radius 1 is 0.745 bits per heavy atom. The zero-order valence-corrected chi connectivity index (χ0v) is 27.9. The van der Waals surface area contributed by atoms with Crippen molar-refractivity contribution in [3.8, 4) is 11.5 Å². The van der Waals surface area contributed by atoms with Crippen molar-refractivity contribution in [2.75, 3.05) is 59.5 Å². The number of nitrogens with zero attached hydrogens (tertiary/aromatic N) is 5. The molecule has 0 spiro atoms. The van der Waals surface area contributed by atoms with Gasteiger partial charge in [0.15, 0.2) is 11.5 Å². The number of aryl methyl sites for hydroxylation is 1. The van der Waals surface area contributed by atoms with Crippen molar-refractivity contribution in [3.63, 3.8) is 0 Å². The molecule has 2 saturated heterocycles. The fourth-order valence-electron chi connectivity index (χ4n) is 7.68. The van der Waals surface area contributed by atoms with Gasteiger partial charge in [-0.2, -0.15) is 0 Å². The van der Waals surface area contributed by atoms with Crippen LogP contribution < -0.4 is 9.47 Å². The van der Waals surface area contributed by atoms with Gasteiger partial charge in [0, 0.05) is 73.4 Å². The molecule has 248 valence electrons. The molecule has 0 N–H and O–H groups in total. The molecule has 3 aliphatic heterocycles. The Bertz CT molecular complexity index is 1650. The molecule has 1 atom stereocenters. The lowest BCUT2D eigenvalue weighted by Gasteiger charge is -2.34. The second-order valence-electron chi connectivity index (χ2n) is 13.3. The standard InChI is InChI=1S/C39H49N5O3/c1-46-37-27-33-34(40-29-30-13-12-21-43(30)39(33)45)28-38(37)47-26-11-3-9-19-42-24-22-41(23-25-42)18-8-2-10-20-44-35-16-6-4-14-31(35)32-15-5-7-17-36(32)44/h4-7,14-17,27-30H,2-3,8-13,18-26H2,1H3/t30-/m0/s1. The highest BCUT2D eigenvalue weighted by Gasteiger charge is 2.32. The molecule has 7 rings (SSSR count). The molecule has 0 saturated carbocycles. The van der Waals surface area contributed by atoms with Crippen LogP contribution in [0.2, 0.25) is 0 Å². The second kappa shape index (κ2) is 14.9. The topological polar surface area (TPSA) is 62.5 Å². The van der Waals surface area contributed by atoms with Gasteiger partial charge in [-0.25, -0.2) is 0 Å². The maximum atomic E-state index is 13.1. The fourth-order valence-corrected chi connectivity index (χ4v) is 7.68. The van der Waals surface area contributed by atoms with Crippen molar-refractivity contribution in [1.29, 1.82) is 0 Å². The number of amides is 1. The molecule has 3 aliphatic rings. The lowest BCUT2D eigenvalue weighted by molar-refractivity contribution is 0.0774. The predicted molar refractivity (Wildman–Crippen MR) is 191 cm³/mol. The lowest BCUT2D eigenvalue weighted by atomic mass is 10.1. The first-order valence-electron chi connectivity index (χ1n) is 17.8. The van der Waals surface area contributed by atoms with E-state index in [4.69, 9.17) is 9.47 Å². The molecule has 2 fully saturated rings. The van der Waals surface area contributed by atoms with E-state index in [0.29, 0.717) is 29.4 Å². The first kappa shape index (κ1) is 31.7. The monoisotopic (exact) mass is 635 g/mol. The Hall–Kier alpha value is -3.88. The van der Waals surface area contributed by atoms with E-state index in [1.807, 2.05) is 17.2 Å². The van der Waals surface area contributed by atoms with Gasteiger partial charge in [0.25, 0.3) is 5.91 Å². The maximum absolute atomic E-state index is 13.1. The Morgan fingerprint density at radius 2 is 1.38 bits per heavy atom. The Kier molecular flexibility index (Phi) is 10.1. The molecule has 47 heavy (non-hydrogen) atoms. The van der Waals surface area contributed by atoms with Crippen LogP contribution in [0.4, 0.5) is 5.69 Å². The number of piperazine rings is 1. The van der Waals surface area contributed by atoms with Crippen molar-refractivity contribution < 1.29 is 14.3 Å². The summed E-state index contributed by atoms with van der Waals surface area (Å²) in [6.45, 7) is 9.57. The van der Waals surface area contributed by atoms with Crippen LogP contribution in [-0.4, -0.2) is 97.0 Å². The number of ether oxygens (including phenoxy) is 2. The average molecular weight is 636 g/mol. The molecule has 3 aromatic carbocycles. The third-order valence-electron chi connectivity index (χ3n) is 10.3. The number of benzene rings is 3. The number of aliphatic imine (C=N–C) groups is 1. The number of unbranched alkanes of at least 4 members (excludes halogenated alkanes) is 4. The van der Waals surface area contributed by atoms with E-state index in [1.165, 1.54) is 80.2 Å². The molecule has 1 amide bonds. The zero-order valence-electron chi connectivity index (χ0n) is 27.9. The lowest BCUT2D eigenvalue weighted by Crippen LogP contribution is -2.46. The minimum atomic E-state index is 0.0390. The molecule has 0 bridgehead atoms. The largest absolute Gasteiger partial charge is 0.493 e. The summed E-state index contributed by atoms with van der Waals surface area (Å²) in [6.07, 6.45) is 11.0. The van der Waals surface area contributed by atoms with Crippen LogP contribution in [0.3, 0.4) is 0 Å². The van der Waals surface area contributed by atoms with Crippen LogP contribution in [0, 0.1) is 0 Å². The summed E-state index contributed by atoms with van der Waals surface area (Å²) in [6, 6.07) is 21.4. The predicted octanol–water partition coefficient (Wildman–Crippen LogP) is 7.16. The number of hydrogen-bond acceptors (Lipinski definition) is 6. The Morgan fingerprint density at radius 3 is 2.06 bits per heavy atom. The third-order valence-corrected chi connectivity index (χ3v) is 10.3. The number of methoxy groups -OCH3 is 1. The number of hydrogen-bond donors (Lipinski definition) is 0. The van der Waals surface area contributed by atoms with Gasteiger partial charge in [0.2, 0.25) is 0 Å². The van der Waals surface area contributed by atoms with Crippen molar-refractivity contribution >= 4 is 39.6 Å². The van der Waals surface area contributed by atoms with Gasteiger partial charge in [-0.05, 0) is 76.2 Å². The molecule has 4 heterocycles. The molecule has 1 aromatic heterocycles. The number of rotatable bonds is 14. The first-order chi connectivity index (χ1) is 23.2. The first-order valence-corrected chi connectivity index (χ1v) is 17.8. The van der Waals surface area contributed by atoms with Crippen molar-refractivity contribution in [1.82, 2.24) is 19.3 Å². The van der Waals surface area contributed by atoms with Crippen LogP contribution in [0.5, 0.6) is 11.5 Å². The van der Waals surface area contributed by atoms with E-state index in [2.05, 4.69) is 67.9 Å². The summed E-state index contributed by atoms with van der Waals surface area (Å²) >= 11 is 0.